The molecule has 4 nitrogen and oxygen atoms in total. The normalized spacial score (nSPS) is 14.8. The molecule has 1 aliphatic rings. The van der Waals surface area contributed by atoms with Gasteiger partial charge in [0.1, 0.15) is 5.82 Å². The second-order valence-corrected chi connectivity index (χ2v) is 5.63. The quantitative estimate of drug-likeness (QED) is 0.944. The number of halogens is 2. The zero-order chi connectivity index (χ0) is 14.8. The summed E-state index contributed by atoms with van der Waals surface area (Å²) < 4.78 is 15.1. The molecule has 0 bridgehead atoms. The van der Waals surface area contributed by atoms with Crippen molar-refractivity contribution in [1.82, 2.24) is 9.78 Å². The summed E-state index contributed by atoms with van der Waals surface area (Å²) in [5.41, 5.74) is 0.794. The number of hydrogen-bond donors (Lipinski definition) is 1. The first kappa shape index (κ1) is 14.1. The first-order valence-electron chi connectivity index (χ1n) is 6.90. The molecule has 21 heavy (non-hydrogen) atoms. The summed E-state index contributed by atoms with van der Waals surface area (Å²) in [5, 5.41) is 7.39. The van der Waals surface area contributed by atoms with Gasteiger partial charge in [-0.25, -0.2) is 9.07 Å². The van der Waals surface area contributed by atoms with Gasteiger partial charge < -0.3 is 5.32 Å². The molecule has 0 amide bonds. The van der Waals surface area contributed by atoms with E-state index in [0.717, 1.165) is 12.8 Å². The number of rotatable bonds is 4. The van der Waals surface area contributed by atoms with Crippen LogP contribution in [0.15, 0.2) is 35.3 Å². The monoisotopic (exact) mass is 307 g/mol. The van der Waals surface area contributed by atoms with Gasteiger partial charge in [-0.1, -0.05) is 23.7 Å². The molecule has 1 aromatic carbocycles. The van der Waals surface area contributed by atoms with E-state index in [1.807, 2.05) is 0 Å². The average Bonchev–Trinajstić information content (AvgIpc) is 2.42. The molecule has 0 spiro atoms. The molecule has 0 atom stereocenters. The van der Waals surface area contributed by atoms with E-state index in [-0.39, 0.29) is 17.1 Å². The lowest BCUT2D eigenvalue weighted by Crippen LogP contribution is -2.29. The fourth-order valence-electron chi connectivity index (χ4n) is 2.25. The van der Waals surface area contributed by atoms with Crippen molar-refractivity contribution < 1.29 is 4.39 Å². The van der Waals surface area contributed by atoms with E-state index in [9.17, 15) is 9.18 Å². The highest BCUT2D eigenvalue weighted by atomic mass is 35.5. The van der Waals surface area contributed by atoms with Crippen molar-refractivity contribution in [2.45, 2.75) is 31.8 Å². The minimum atomic E-state index is -0.510. The smallest absolute Gasteiger partial charge is 0.269 e. The van der Waals surface area contributed by atoms with Crippen LogP contribution in [0.4, 0.5) is 10.1 Å². The number of benzene rings is 1. The summed E-state index contributed by atoms with van der Waals surface area (Å²) in [5.74, 6) is -0.510. The van der Waals surface area contributed by atoms with Crippen molar-refractivity contribution in [3.05, 3.63) is 57.2 Å². The third-order valence-corrected chi connectivity index (χ3v) is 3.99. The first-order chi connectivity index (χ1) is 10.1. The van der Waals surface area contributed by atoms with Crippen molar-refractivity contribution >= 4 is 17.3 Å². The van der Waals surface area contributed by atoms with E-state index in [2.05, 4.69) is 10.4 Å². The van der Waals surface area contributed by atoms with Gasteiger partial charge in [-0.05, 0) is 25.3 Å². The maximum Gasteiger partial charge on any atom is 0.269 e. The molecule has 1 saturated carbocycles. The Kier molecular flexibility index (Phi) is 3.92. The standard InChI is InChI=1S/C15H15ClFN3O/c16-13-6-1-3-10(15(13)17)9-20-14(21)7-12(8-18-20)19-11-4-2-5-11/h1,3,6-8,11,19H,2,4-5,9H2. The molecule has 6 heteroatoms. The van der Waals surface area contributed by atoms with Crippen LogP contribution in [0.3, 0.4) is 0 Å². The molecule has 0 aliphatic heterocycles. The van der Waals surface area contributed by atoms with E-state index in [0.29, 0.717) is 17.3 Å². The van der Waals surface area contributed by atoms with Crippen molar-refractivity contribution in [3.8, 4) is 0 Å². The second-order valence-electron chi connectivity index (χ2n) is 5.23. The summed E-state index contributed by atoms with van der Waals surface area (Å²) in [6, 6.07) is 6.65. The molecule has 0 saturated heterocycles. The van der Waals surface area contributed by atoms with Gasteiger partial charge in [0.15, 0.2) is 0 Å². The number of hydrogen-bond acceptors (Lipinski definition) is 3. The van der Waals surface area contributed by atoms with Crippen LogP contribution in [0.5, 0.6) is 0 Å². The summed E-state index contributed by atoms with van der Waals surface area (Å²) in [6.07, 6.45) is 5.06. The van der Waals surface area contributed by atoms with E-state index in [1.54, 1.807) is 18.3 Å². The molecule has 1 aromatic heterocycles. The maximum atomic E-state index is 13.8. The molecule has 1 fully saturated rings. The van der Waals surface area contributed by atoms with Crippen LogP contribution in [0.2, 0.25) is 5.02 Å². The molecule has 110 valence electrons. The molecular weight excluding hydrogens is 293 g/mol. The van der Waals surface area contributed by atoms with Gasteiger partial charge in [-0.2, -0.15) is 5.10 Å². The largest absolute Gasteiger partial charge is 0.381 e. The van der Waals surface area contributed by atoms with Crippen LogP contribution >= 0.6 is 11.6 Å². The summed E-state index contributed by atoms with van der Waals surface area (Å²) in [7, 11) is 0. The Balaban J connectivity index is 1.79. The SMILES string of the molecule is O=c1cc(NC2CCC2)cnn1Cc1cccc(Cl)c1F. The summed E-state index contributed by atoms with van der Waals surface area (Å²) in [6.45, 7) is 0.0644. The van der Waals surface area contributed by atoms with Crippen molar-refractivity contribution in [2.75, 3.05) is 5.32 Å². The lowest BCUT2D eigenvalue weighted by molar-refractivity contribution is 0.445. The minimum Gasteiger partial charge on any atom is -0.381 e. The fourth-order valence-corrected chi connectivity index (χ4v) is 2.45. The van der Waals surface area contributed by atoms with E-state index in [1.165, 1.54) is 23.2 Å². The zero-order valence-corrected chi connectivity index (χ0v) is 12.1. The Labute approximate surface area is 126 Å². The summed E-state index contributed by atoms with van der Waals surface area (Å²) >= 11 is 5.73. The lowest BCUT2D eigenvalue weighted by Gasteiger charge is -2.27. The molecule has 0 radical (unpaired) electrons. The topological polar surface area (TPSA) is 46.9 Å². The van der Waals surface area contributed by atoms with Crippen molar-refractivity contribution in [3.63, 3.8) is 0 Å². The molecule has 1 heterocycles. The Bertz CT molecular complexity index is 712. The van der Waals surface area contributed by atoms with E-state index < -0.39 is 5.82 Å². The number of aromatic nitrogens is 2. The van der Waals surface area contributed by atoms with Crippen molar-refractivity contribution in [1.29, 1.82) is 0 Å². The number of nitrogens with one attached hydrogen (secondary N) is 1. The van der Waals surface area contributed by atoms with Gasteiger partial charge in [0.05, 0.1) is 23.5 Å². The van der Waals surface area contributed by atoms with Gasteiger partial charge in [0.2, 0.25) is 0 Å². The molecule has 1 aliphatic carbocycles. The van der Waals surface area contributed by atoms with Gasteiger partial charge in [0.25, 0.3) is 5.56 Å². The number of nitrogens with zero attached hydrogens (tertiary/aromatic N) is 2. The number of anilines is 1. The summed E-state index contributed by atoms with van der Waals surface area (Å²) in [4.78, 5) is 12.0. The molecule has 2 aromatic rings. The highest BCUT2D eigenvalue weighted by Crippen LogP contribution is 2.22. The van der Waals surface area contributed by atoms with Crippen LogP contribution in [0.1, 0.15) is 24.8 Å². The highest BCUT2D eigenvalue weighted by Gasteiger charge is 2.17. The van der Waals surface area contributed by atoms with Gasteiger partial charge >= 0.3 is 0 Å². The molecule has 1 N–H and O–H groups in total. The maximum absolute atomic E-state index is 13.8. The lowest BCUT2D eigenvalue weighted by atomic mass is 9.93. The van der Waals surface area contributed by atoms with E-state index in [4.69, 9.17) is 11.6 Å². The average molecular weight is 308 g/mol. The van der Waals surface area contributed by atoms with Crippen LogP contribution in [0.25, 0.3) is 0 Å². The zero-order valence-electron chi connectivity index (χ0n) is 11.4. The van der Waals surface area contributed by atoms with Gasteiger partial charge in [-0.3, -0.25) is 4.79 Å². The fraction of sp³-hybridized carbons (Fsp3) is 0.333. The third kappa shape index (κ3) is 3.08. The second kappa shape index (κ2) is 5.85. The predicted octanol–water partition coefficient (Wildman–Crippen LogP) is 3.05. The van der Waals surface area contributed by atoms with Gasteiger partial charge in [0, 0.05) is 17.7 Å². The Morgan fingerprint density at radius 3 is 2.90 bits per heavy atom. The van der Waals surface area contributed by atoms with E-state index >= 15 is 0 Å². The molecule has 3 rings (SSSR count). The van der Waals surface area contributed by atoms with Crippen LogP contribution in [-0.4, -0.2) is 15.8 Å². The van der Waals surface area contributed by atoms with Crippen LogP contribution in [0, 0.1) is 5.82 Å². The Morgan fingerprint density at radius 2 is 2.24 bits per heavy atom. The first-order valence-corrected chi connectivity index (χ1v) is 7.28. The molecule has 0 unspecified atom stereocenters. The molecular formula is C15H15ClFN3O. The Hall–Kier alpha value is -1.88. The minimum absolute atomic E-state index is 0.0452. The third-order valence-electron chi connectivity index (χ3n) is 3.70. The highest BCUT2D eigenvalue weighted by molar-refractivity contribution is 6.30. The van der Waals surface area contributed by atoms with Crippen molar-refractivity contribution in [2.24, 2.45) is 0 Å². The Morgan fingerprint density at radius 1 is 1.43 bits per heavy atom. The van der Waals surface area contributed by atoms with Crippen LogP contribution in [-0.2, 0) is 6.54 Å². The predicted molar refractivity (Wildman–Crippen MR) is 80.3 cm³/mol. The van der Waals surface area contributed by atoms with Gasteiger partial charge in [-0.15, -0.1) is 0 Å². The van der Waals surface area contributed by atoms with Crippen LogP contribution < -0.4 is 10.9 Å².